The van der Waals surface area contributed by atoms with Gasteiger partial charge in [-0.05, 0) is 43.0 Å². The number of nitrogens with one attached hydrogen (secondary N) is 2. The minimum atomic E-state index is -0.653. The van der Waals surface area contributed by atoms with Crippen LogP contribution in [-0.2, 0) is 11.2 Å². The van der Waals surface area contributed by atoms with Crippen LogP contribution in [-0.4, -0.2) is 89.2 Å². The van der Waals surface area contributed by atoms with E-state index in [-0.39, 0.29) is 34.8 Å². The SMILES string of the molecule is CN1CC(N2CCN(C(=O)Oc3cc(Oc4ccc(NC(=S)NC(=O)Cc5ccccc5)cc4F)ccn3)CC2)C1. The molecule has 12 heteroatoms. The number of likely N-dealkylation sites (N-methyl/N-ethyl adjacent to an activating group) is 1. The van der Waals surface area contributed by atoms with Crippen molar-refractivity contribution in [2.75, 3.05) is 51.6 Å². The Labute approximate surface area is 243 Å². The molecule has 3 heterocycles. The first kappa shape index (κ1) is 28.4. The smallest absolute Gasteiger partial charge is 0.416 e. The number of halogens is 1. The predicted octanol–water partition coefficient (Wildman–Crippen LogP) is 3.50. The molecule has 0 unspecified atom stereocenters. The van der Waals surface area contributed by atoms with Crippen LogP contribution in [0.3, 0.4) is 0 Å². The highest BCUT2D eigenvalue weighted by atomic mass is 32.1. The molecular weight excluding hydrogens is 547 g/mol. The number of likely N-dealkylation sites (tertiary alicyclic amines) is 1. The fraction of sp³-hybridized carbons (Fsp3) is 0.310. The molecule has 0 atom stereocenters. The maximum atomic E-state index is 14.8. The molecule has 2 amide bonds. The molecule has 41 heavy (non-hydrogen) atoms. The average Bonchev–Trinajstić information content (AvgIpc) is 2.93. The van der Waals surface area contributed by atoms with Crippen molar-refractivity contribution < 1.29 is 23.5 Å². The van der Waals surface area contributed by atoms with Gasteiger partial charge in [0.05, 0.1) is 6.42 Å². The van der Waals surface area contributed by atoms with E-state index in [9.17, 15) is 14.0 Å². The average molecular weight is 579 g/mol. The zero-order chi connectivity index (χ0) is 28.8. The summed E-state index contributed by atoms with van der Waals surface area (Å²) in [6.07, 6.45) is 1.11. The number of carbonyl (C=O) groups excluding carboxylic acids is 2. The van der Waals surface area contributed by atoms with Crippen molar-refractivity contribution in [1.29, 1.82) is 0 Å². The maximum absolute atomic E-state index is 14.8. The first-order valence-corrected chi connectivity index (χ1v) is 13.7. The summed E-state index contributed by atoms with van der Waals surface area (Å²) in [6, 6.07) is 17.0. The Morgan fingerprint density at radius 3 is 2.51 bits per heavy atom. The van der Waals surface area contributed by atoms with Crippen LogP contribution in [0.1, 0.15) is 5.56 Å². The highest BCUT2D eigenvalue weighted by Gasteiger charge is 2.32. The fourth-order valence-electron chi connectivity index (χ4n) is 4.73. The van der Waals surface area contributed by atoms with Gasteiger partial charge in [0.15, 0.2) is 16.7 Å². The van der Waals surface area contributed by atoms with E-state index in [2.05, 4.69) is 32.5 Å². The van der Waals surface area contributed by atoms with E-state index in [4.69, 9.17) is 21.7 Å². The molecule has 0 aliphatic carbocycles. The van der Waals surface area contributed by atoms with Crippen LogP contribution < -0.4 is 20.1 Å². The molecule has 2 aliphatic rings. The lowest BCUT2D eigenvalue weighted by atomic mass is 10.1. The number of pyridine rings is 1. The van der Waals surface area contributed by atoms with Gasteiger partial charge in [0, 0.05) is 69.3 Å². The first-order chi connectivity index (χ1) is 19.8. The summed E-state index contributed by atoms with van der Waals surface area (Å²) < 4.78 is 26.0. The van der Waals surface area contributed by atoms with Crippen LogP contribution in [0.2, 0.25) is 0 Å². The maximum Gasteiger partial charge on any atom is 0.416 e. The summed E-state index contributed by atoms with van der Waals surface area (Å²) in [5, 5.41) is 5.43. The second-order valence-electron chi connectivity index (χ2n) is 10.0. The van der Waals surface area contributed by atoms with Crippen LogP contribution in [0.25, 0.3) is 0 Å². The Morgan fingerprint density at radius 2 is 1.80 bits per heavy atom. The molecule has 0 bridgehead atoms. The number of benzene rings is 2. The van der Waals surface area contributed by atoms with Gasteiger partial charge in [0.1, 0.15) is 5.75 Å². The van der Waals surface area contributed by atoms with Crippen molar-refractivity contribution in [2.24, 2.45) is 0 Å². The van der Waals surface area contributed by atoms with E-state index in [0.29, 0.717) is 24.8 Å². The lowest BCUT2D eigenvalue weighted by Crippen LogP contribution is -2.62. The molecule has 2 aromatic carbocycles. The van der Waals surface area contributed by atoms with E-state index in [1.807, 2.05) is 30.3 Å². The number of ether oxygens (including phenoxy) is 2. The number of carbonyl (C=O) groups is 2. The van der Waals surface area contributed by atoms with Gasteiger partial charge >= 0.3 is 6.09 Å². The van der Waals surface area contributed by atoms with Gasteiger partial charge < -0.3 is 29.9 Å². The first-order valence-electron chi connectivity index (χ1n) is 13.3. The summed E-state index contributed by atoms with van der Waals surface area (Å²) in [4.78, 5) is 35.3. The van der Waals surface area contributed by atoms with Gasteiger partial charge in [0.25, 0.3) is 0 Å². The number of amides is 2. The minimum absolute atomic E-state index is 0.0455. The monoisotopic (exact) mass is 578 g/mol. The summed E-state index contributed by atoms with van der Waals surface area (Å²) in [6.45, 7) is 4.89. The van der Waals surface area contributed by atoms with Crippen LogP contribution in [0.4, 0.5) is 14.9 Å². The Kier molecular flexibility index (Phi) is 9.02. The molecule has 3 aromatic rings. The number of aromatic nitrogens is 1. The number of hydrogen-bond donors (Lipinski definition) is 2. The quantitative estimate of drug-likeness (QED) is 0.408. The van der Waals surface area contributed by atoms with Crippen molar-refractivity contribution in [3.05, 3.63) is 78.2 Å². The molecular formula is C29H31FN6O4S. The Hall–Kier alpha value is -4.13. The van der Waals surface area contributed by atoms with Crippen molar-refractivity contribution in [3.63, 3.8) is 0 Å². The summed E-state index contributed by atoms with van der Waals surface area (Å²) in [5.41, 5.74) is 1.19. The molecule has 10 nitrogen and oxygen atoms in total. The third-order valence-electron chi connectivity index (χ3n) is 6.91. The summed E-state index contributed by atoms with van der Waals surface area (Å²) in [5.74, 6) is -0.668. The van der Waals surface area contributed by atoms with E-state index in [1.54, 1.807) is 11.0 Å². The van der Waals surface area contributed by atoms with Crippen molar-refractivity contribution in [3.8, 4) is 17.4 Å². The highest BCUT2D eigenvalue weighted by molar-refractivity contribution is 7.80. The van der Waals surface area contributed by atoms with E-state index >= 15 is 0 Å². The Balaban J connectivity index is 1.10. The Morgan fingerprint density at radius 1 is 1.05 bits per heavy atom. The Bertz CT molecular complexity index is 1400. The predicted molar refractivity (Wildman–Crippen MR) is 156 cm³/mol. The largest absolute Gasteiger partial charge is 0.454 e. The third-order valence-corrected chi connectivity index (χ3v) is 7.11. The van der Waals surface area contributed by atoms with Crippen molar-refractivity contribution in [1.82, 2.24) is 25.0 Å². The van der Waals surface area contributed by atoms with Crippen LogP contribution in [0.15, 0.2) is 66.9 Å². The highest BCUT2D eigenvalue weighted by Crippen LogP contribution is 2.28. The number of nitrogens with zero attached hydrogens (tertiary/aromatic N) is 4. The summed E-state index contributed by atoms with van der Waals surface area (Å²) in [7, 11) is 2.10. The van der Waals surface area contributed by atoms with Gasteiger partial charge in [-0.15, -0.1) is 0 Å². The third kappa shape index (κ3) is 7.75. The molecule has 0 spiro atoms. The molecule has 5 rings (SSSR count). The zero-order valence-corrected chi connectivity index (χ0v) is 23.4. The molecule has 214 valence electrons. The number of rotatable bonds is 7. The molecule has 2 fully saturated rings. The topological polar surface area (TPSA) is 99.3 Å². The minimum Gasteiger partial charge on any atom is -0.454 e. The summed E-state index contributed by atoms with van der Waals surface area (Å²) >= 11 is 5.18. The lowest BCUT2D eigenvalue weighted by molar-refractivity contribution is -0.119. The number of anilines is 1. The van der Waals surface area contributed by atoms with E-state index in [1.165, 1.54) is 30.5 Å². The fourth-order valence-corrected chi connectivity index (χ4v) is 4.97. The normalized spacial score (nSPS) is 16.0. The lowest BCUT2D eigenvalue weighted by Gasteiger charge is -2.46. The molecule has 2 saturated heterocycles. The van der Waals surface area contributed by atoms with Gasteiger partial charge in [-0.1, -0.05) is 30.3 Å². The molecule has 2 N–H and O–H groups in total. The standard InChI is InChI=1S/C29H31FN6O4S/c1-34-18-22(19-34)35-11-13-36(14-12-35)29(38)40-27-17-23(9-10-31-27)39-25-8-7-21(16-24(25)30)32-28(41)33-26(37)15-20-5-3-2-4-6-20/h2-10,16-17,22H,11-15,18-19H2,1H3,(H2,32,33,37,41). The number of piperazine rings is 1. The van der Waals surface area contributed by atoms with Crippen LogP contribution >= 0.6 is 12.2 Å². The van der Waals surface area contributed by atoms with Gasteiger partial charge in [-0.25, -0.2) is 14.2 Å². The van der Waals surface area contributed by atoms with Crippen molar-refractivity contribution in [2.45, 2.75) is 12.5 Å². The van der Waals surface area contributed by atoms with Crippen molar-refractivity contribution >= 4 is 35.0 Å². The zero-order valence-electron chi connectivity index (χ0n) is 22.6. The van der Waals surface area contributed by atoms with E-state index in [0.717, 1.165) is 31.7 Å². The molecule has 2 aliphatic heterocycles. The van der Waals surface area contributed by atoms with Gasteiger partial charge in [0.2, 0.25) is 11.8 Å². The molecule has 0 saturated carbocycles. The van der Waals surface area contributed by atoms with Crippen LogP contribution in [0, 0.1) is 5.82 Å². The second kappa shape index (κ2) is 13.0. The molecule has 0 radical (unpaired) electrons. The second-order valence-corrected chi connectivity index (χ2v) is 10.4. The van der Waals surface area contributed by atoms with Crippen LogP contribution in [0.5, 0.6) is 17.4 Å². The number of hydrogen-bond acceptors (Lipinski definition) is 8. The number of thiocarbonyl (C=S) groups is 1. The molecule has 1 aromatic heterocycles. The van der Waals surface area contributed by atoms with Gasteiger partial charge in [-0.2, -0.15) is 0 Å². The van der Waals surface area contributed by atoms with E-state index < -0.39 is 11.9 Å². The van der Waals surface area contributed by atoms with Gasteiger partial charge in [-0.3, -0.25) is 9.69 Å².